The third kappa shape index (κ3) is 3.14. The Morgan fingerprint density at radius 3 is 2.18 bits per heavy atom. The van der Waals surface area contributed by atoms with E-state index in [1.54, 1.807) is 11.9 Å². The Kier molecular flexibility index (Phi) is 4.57. The molecular formula is C8H17F2N. The fourth-order valence-electron chi connectivity index (χ4n) is 1.14. The number of alkyl halides is 2. The Balaban J connectivity index is 0.000000461. The summed E-state index contributed by atoms with van der Waals surface area (Å²) in [6.07, 6.45) is 0.347. The van der Waals surface area contributed by atoms with Crippen LogP contribution in [0.25, 0.3) is 0 Å². The fraction of sp³-hybridized carbons (Fsp3) is 1.00. The molecule has 68 valence electrons. The van der Waals surface area contributed by atoms with E-state index >= 15 is 0 Å². The summed E-state index contributed by atoms with van der Waals surface area (Å²) in [6.45, 7) is 4.10. The molecule has 1 nitrogen and oxygen atoms in total. The van der Waals surface area contributed by atoms with Gasteiger partial charge >= 0.3 is 0 Å². The molecule has 1 atom stereocenters. The number of rotatable bonds is 1. The zero-order valence-electron chi connectivity index (χ0n) is 7.53. The highest BCUT2D eigenvalue weighted by Crippen LogP contribution is 2.24. The average molecular weight is 165 g/mol. The van der Waals surface area contributed by atoms with Crippen molar-refractivity contribution in [2.75, 3.05) is 26.8 Å². The van der Waals surface area contributed by atoms with Crippen molar-refractivity contribution in [3.63, 3.8) is 0 Å². The van der Waals surface area contributed by atoms with E-state index < -0.39 is 12.3 Å². The van der Waals surface area contributed by atoms with E-state index in [0.29, 0.717) is 13.0 Å². The van der Waals surface area contributed by atoms with E-state index in [0.717, 1.165) is 0 Å². The van der Waals surface area contributed by atoms with Crippen LogP contribution in [0.5, 0.6) is 0 Å². The van der Waals surface area contributed by atoms with Gasteiger partial charge in [-0.25, -0.2) is 8.78 Å². The van der Waals surface area contributed by atoms with Gasteiger partial charge < -0.3 is 4.90 Å². The summed E-state index contributed by atoms with van der Waals surface area (Å²) in [5.41, 5.74) is -1.53. The van der Waals surface area contributed by atoms with Gasteiger partial charge in [-0.15, -0.1) is 0 Å². The molecule has 0 aliphatic carbocycles. The van der Waals surface area contributed by atoms with Gasteiger partial charge in [0.1, 0.15) is 6.67 Å². The molecule has 1 aliphatic rings. The SMILES string of the molecule is CC.CN1CCC(F)(CF)C1. The van der Waals surface area contributed by atoms with Crippen molar-refractivity contribution in [1.82, 2.24) is 4.90 Å². The standard InChI is InChI=1S/C6H11F2N.C2H6/c1-9-3-2-6(8,4-7)5-9;1-2/h2-5H2,1H3;1-2H3. The second-order valence-corrected chi connectivity index (χ2v) is 2.77. The van der Waals surface area contributed by atoms with E-state index in [4.69, 9.17) is 0 Å². The van der Waals surface area contributed by atoms with Crippen molar-refractivity contribution in [3.8, 4) is 0 Å². The Bertz CT molecular complexity index is 108. The predicted octanol–water partition coefficient (Wildman–Crippen LogP) is 2.03. The van der Waals surface area contributed by atoms with Gasteiger partial charge in [0, 0.05) is 13.1 Å². The third-order valence-corrected chi connectivity index (χ3v) is 1.73. The van der Waals surface area contributed by atoms with Crippen LogP contribution in [0.3, 0.4) is 0 Å². The molecule has 3 heteroatoms. The normalized spacial score (nSPS) is 31.4. The van der Waals surface area contributed by atoms with E-state index in [9.17, 15) is 8.78 Å². The number of hydrogen-bond donors (Lipinski definition) is 0. The van der Waals surface area contributed by atoms with Crippen LogP contribution in [-0.2, 0) is 0 Å². The topological polar surface area (TPSA) is 3.24 Å². The third-order valence-electron chi connectivity index (χ3n) is 1.73. The monoisotopic (exact) mass is 165 g/mol. The Morgan fingerprint density at radius 1 is 1.45 bits per heavy atom. The van der Waals surface area contributed by atoms with Gasteiger partial charge in [0.25, 0.3) is 0 Å². The quantitative estimate of drug-likeness (QED) is 0.574. The molecule has 11 heavy (non-hydrogen) atoms. The highest BCUT2D eigenvalue weighted by atomic mass is 19.2. The molecule has 1 rings (SSSR count). The highest BCUT2D eigenvalue weighted by Gasteiger charge is 2.36. The molecule has 1 aliphatic heterocycles. The lowest BCUT2D eigenvalue weighted by molar-refractivity contribution is 0.130. The van der Waals surface area contributed by atoms with Crippen molar-refractivity contribution in [3.05, 3.63) is 0 Å². The maximum absolute atomic E-state index is 12.9. The number of halogens is 2. The van der Waals surface area contributed by atoms with Gasteiger partial charge in [0.05, 0.1) is 0 Å². The zero-order valence-corrected chi connectivity index (χ0v) is 7.53. The van der Waals surface area contributed by atoms with Crippen LogP contribution in [0.1, 0.15) is 20.3 Å². The average Bonchev–Trinajstić information content (AvgIpc) is 2.37. The molecule has 0 aromatic rings. The lowest BCUT2D eigenvalue weighted by Crippen LogP contribution is -2.28. The lowest BCUT2D eigenvalue weighted by atomic mass is 10.1. The summed E-state index contributed by atoms with van der Waals surface area (Å²) in [6, 6.07) is 0. The van der Waals surface area contributed by atoms with Crippen LogP contribution in [-0.4, -0.2) is 37.4 Å². The molecule has 0 amide bonds. The summed E-state index contributed by atoms with van der Waals surface area (Å²) in [5.74, 6) is 0. The first-order valence-corrected chi connectivity index (χ1v) is 4.10. The predicted molar refractivity (Wildman–Crippen MR) is 43.3 cm³/mol. The molecular weight excluding hydrogens is 148 g/mol. The van der Waals surface area contributed by atoms with E-state index in [2.05, 4.69) is 0 Å². The first-order valence-electron chi connectivity index (χ1n) is 4.10. The molecule has 0 N–H and O–H groups in total. The Hall–Kier alpha value is -0.180. The van der Waals surface area contributed by atoms with Crippen molar-refractivity contribution in [2.24, 2.45) is 0 Å². The van der Waals surface area contributed by atoms with Gasteiger partial charge in [-0.05, 0) is 13.5 Å². The number of hydrogen-bond acceptors (Lipinski definition) is 1. The van der Waals surface area contributed by atoms with E-state index in [-0.39, 0.29) is 6.54 Å². The maximum atomic E-state index is 12.9. The van der Waals surface area contributed by atoms with Crippen LogP contribution in [0.4, 0.5) is 8.78 Å². The summed E-state index contributed by atoms with van der Waals surface area (Å²) in [5, 5.41) is 0. The van der Waals surface area contributed by atoms with Crippen molar-refractivity contribution in [2.45, 2.75) is 25.9 Å². The van der Waals surface area contributed by atoms with Crippen molar-refractivity contribution >= 4 is 0 Å². The summed E-state index contributed by atoms with van der Waals surface area (Å²) < 4.78 is 24.7. The molecule has 0 spiro atoms. The summed E-state index contributed by atoms with van der Waals surface area (Å²) >= 11 is 0. The Morgan fingerprint density at radius 2 is 2.00 bits per heavy atom. The van der Waals surface area contributed by atoms with Crippen LogP contribution in [0.15, 0.2) is 0 Å². The van der Waals surface area contributed by atoms with E-state index in [1.807, 2.05) is 13.8 Å². The fourth-order valence-corrected chi connectivity index (χ4v) is 1.14. The van der Waals surface area contributed by atoms with Gasteiger partial charge in [0.15, 0.2) is 5.67 Å². The summed E-state index contributed by atoms with van der Waals surface area (Å²) in [7, 11) is 1.80. The highest BCUT2D eigenvalue weighted by molar-refractivity contribution is 4.88. The lowest BCUT2D eigenvalue weighted by Gasteiger charge is -2.13. The second-order valence-electron chi connectivity index (χ2n) is 2.77. The molecule has 0 radical (unpaired) electrons. The molecule has 0 bridgehead atoms. The molecule has 0 saturated carbocycles. The van der Waals surface area contributed by atoms with Gasteiger partial charge in [-0.2, -0.15) is 0 Å². The molecule has 0 aromatic carbocycles. The van der Waals surface area contributed by atoms with Crippen LogP contribution < -0.4 is 0 Å². The van der Waals surface area contributed by atoms with Gasteiger partial charge in [-0.3, -0.25) is 0 Å². The summed E-state index contributed by atoms with van der Waals surface area (Å²) in [4.78, 5) is 1.81. The molecule has 1 saturated heterocycles. The minimum Gasteiger partial charge on any atom is -0.303 e. The van der Waals surface area contributed by atoms with Crippen LogP contribution in [0, 0.1) is 0 Å². The maximum Gasteiger partial charge on any atom is 0.152 e. The number of nitrogens with zero attached hydrogens (tertiary/aromatic N) is 1. The molecule has 1 fully saturated rings. The molecule has 0 aromatic heterocycles. The second kappa shape index (κ2) is 4.65. The van der Waals surface area contributed by atoms with Gasteiger partial charge in [-0.1, -0.05) is 13.8 Å². The first-order chi connectivity index (χ1) is 5.16. The minimum atomic E-state index is -1.53. The Labute approximate surface area is 67.4 Å². The van der Waals surface area contributed by atoms with E-state index in [1.165, 1.54) is 0 Å². The minimum absolute atomic E-state index is 0.253. The largest absolute Gasteiger partial charge is 0.303 e. The van der Waals surface area contributed by atoms with Crippen LogP contribution >= 0.6 is 0 Å². The zero-order chi connectivity index (χ0) is 8.91. The van der Waals surface area contributed by atoms with Gasteiger partial charge in [0.2, 0.25) is 0 Å². The van der Waals surface area contributed by atoms with Crippen molar-refractivity contribution < 1.29 is 8.78 Å². The first kappa shape index (κ1) is 10.8. The number of likely N-dealkylation sites (tertiary alicyclic amines) is 1. The molecule has 1 unspecified atom stereocenters. The van der Waals surface area contributed by atoms with Crippen LogP contribution in [0.2, 0.25) is 0 Å². The smallest absolute Gasteiger partial charge is 0.152 e. The molecule has 1 heterocycles. The van der Waals surface area contributed by atoms with Crippen molar-refractivity contribution in [1.29, 1.82) is 0 Å².